The van der Waals surface area contributed by atoms with Crippen LogP contribution in [0.5, 0.6) is 0 Å². The lowest BCUT2D eigenvalue weighted by Gasteiger charge is -2.07. The molecule has 2 aromatic carbocycles. The van der Waals surface area contributed by atoms with Crippen LogP contribution >= 0.6 is 11.3 Å². The van der Waals surface area contributed by atoms with Gasteiger partial charge in [0.05, 0.1) is 20.9 Å². The van der Waals surface area contributed by atoms with Crippen LogP contribution in [0.1, 0.15) is 21.9 Å². The molecule has 7 heteroatoms. The summed E-state index contributed by atoms with van der Waals surface area (Å²) in [6.07, 6.45) is 1.58. The average molecular weight is 390 g/mol. The number of carbonyl (C=O) groups excluding carboxylic acids is 1. The minimum absolute atomic E-state index is 0.212. The Morgan fingerprint density at radius 2 is 1.79 bits per heavy atom. The minimum Gasteiger partial charge on any atom is -0.351 e. The second kappa shape index (κ2) is 8.14. The summed E-state index contributed by atoms with van der Waals surface area (Å²) in [6, 6.07) is 19.9. The van der Waals surface area contributed by atoms with Crippen molar-refractivity contribution in [3.8, 4) is 5.69 Å². The molecule has 0 aliphatic heterocycles. The molecule has 1 N–H and O–H groups in total. The van der Waals surface area contributed by atoms with Crippen molar-refractivity contribution in [3.05, 3.63) is 87.8 Å². The van der Waals surface area contributed by atoms with Crippen molar-refractivity contribution in [3.63, 3.8) is 0 Å². The summed E-state index contributed by atoms with van der Waals surface area (Å²) >= 11 is 1.68. The Morgan fingerprint density at radius 3 is 2.61 bits per heavy atom. The second-order valence-electron chi connectivity index (χ2n) is 6.24. The molecule has 0 spiro atoms. The zero-order chi connectivity index (χ0) is 19.3. The van der Waals surface area contributed by atoms with Gasteiger partial charge in [0.1, 0.15) is 5.69 Å². The summed E-state index contributed by atoms with van der Waals surface area (Å²) in [7, 11) is 0. The first-order valence-corrected chi connectivity index (χ1v) is 9.81. The molecule has 28 heavy (non-hydrogen) atoms. The smallest absolute Gasteiger partial charge is 0.271 e. The minimum atomic E-state index is -0.297. The molecule has 140 valence electrons. The first-order valence-electron chi connectivity index (χ1n) is 8.99. The maximum Gasteiger partial charge on any atom is 0.271 e. The number of rotatable bonds is 6. The number of aryl methyl sites for hydroxylation is 1. The Balaban J connectivity index is 1.37. The van der Waals surface area contributed by atoms with Crippen LogP contribution in [0, 0.1) is 0 Å². The summed E-state index contributed by atoms with van der Waals surface area (Å²) in [5, 5.41) is 8.11. The molecular weight excluding hydrogens is 372 g/mol. The highest BCUT2D eigenvalue weighted by molar-refractivity contribution is 7.18. The van der Waals surface area contributed by atoms with Gasteiger partial charge in [0.15, 0.2) is 0 Å². The zero-order valence-electron chi connectivity index (χ0n) is 15.0. The molecule has 0 bridgehead atoms. The van der Waals surface area contributed by atoms with E-state index in [1.807, 2.05) is 36.4 Å². The van der Waals surface area contributed by atoms with E-state index in [1.54, 1.807) is 23.5 Å². The molecule has 2 aromatic heterocycles. The predicted molar refractivity (Wildman–Crippen MR) is 110 cm³/mol. The number of aromatic nitrogens is 3. The van der Waals surface area contributed by atoms with Crippen molar-refractivity contribution in [2.75, 3.05) is 6.54 Å². The van der Waals surface area contributed by atoms with Gasteiger partial charge < -0.3 is 5.32 Å². The SMILES string of the molecule is O=C(NCCCc1nc2ccccc2s1)c1ccc(=O)n(-c2ccccc2)n1. The maximum atomic E-state index is 12.4. The standard InChI is InChI=1S/C21H18N4O2S/c26-20-13-12-17(24-25(20)15-7-2-1-3-8-15)21(27)22-14-6-11-19-23-16-9-4-5-10-18(16)28-19/h1-5,7-10,12-13H,6,11,14H2,(H,22,27). The highest BCUT2D eigenvalue weighted by atomic mass is 32.1. The Bertz CT molecular complexity index is 1130. The van der Waals surface area contributed by atoms with E-state index in [0.29, 0.717) is 12.2 Å². The van der Waals surface area contributed by atoms with Crippen molar-refractivity contribution in [2.45, 2.75) is 12.8 Å². The third-order valence-corrected chi connectivity index (χ3v) is 5.32. The van der Waals surface area contributed by atoms with Gasteiger partial charge in [-0.3, -0.25) is 9.59 Å². The summed E-state index contributed by atoms with van der Waals surface area (Å²) < 4.78 is 2.41. The molecule has 4 rings (SSSR count). The number of thiazole rings is 1. The first-order chi connectivity index (χ1) is 13.7. The number of para-hydroxylation sites is 2. The number of nitrogens with zero attached hydrogens (tertiary/aromatic N) is 3. The van der Waals surface area contributed by atoms with Gasteiger partial charge in [-0.05, 0) is 36.8 Å². The van der Waals surface area contributed by atoms with Crippen LogP contribution in [-0.2, 0) is 6.42 Å². The van der Waals surface area contributed by atoms with Crippen LogP contribution < -0.4 is 10.9 Å². The van der Waals surface area contributed by atoms with Crippen LogP contribution in [0.25, 0.3) is 15.9 Å². The molecule has 0 saturated heterocycles. The molecule has 0 saturated carbocycles. The Hall–Kier alpha value is -3.32. The van der Waals surface area contributed by atoms with Gasteiger partial charge in [-0.1, -0.05) is 30.3 Å². The molecule has 6 nitrogen and oxygen atoms in total. The molecule has 4 aromatic rings. The Labute approximate surface area is 165 Å². The molecule has 0 radical (unpaired) electrons. The van der Waals surface area contributed by atoms with E-state index in [9.17, 15) is 9.59 Å². The van der Waals surface area contributed by atoms with Crippen LogP contribution in [0.3, 0.4) is 0 Å². The Kier molecular flexibility index (Phi) is 5.25. The van der Waals surface area contributed by atoms with Crippen molar-refractivity contribution < 1.29 is 4.79 Å². The summed E-state index contributed by atoms with van der Waals surface area (Å²) in [4.78, 5) is 29.0. The summed E-state index contributed by atoms with van der Waals surface area (Å²) in [5.74, 6) is -0.297. The number of hydrogen-bond donors (Lipinski definition) is 1. The lowest BCUT2D eigenvalue weighted by Crippen LogP contribution is -2.29. The van der Waals surface area contributed by atoms with Crippen molar-refractivity contribution in [2.24, 2.45) is 0 Å². The highest BCUT2D eigenvalue weighted by Crippen LogP contribution is 2.22. The lowest BCUT2D eigenvalue weighted by molar-refractivity contribution is 0.0946. The van der Waals surface area contributed by atoms with Gasteiger partial charge in [-0.2, -0.15) is 9.78 Å². The normalized spacial score (nSPS) is 10.9. The molecule has 0 aliphatic rings. The molecule has 0 atom stereocenters. The van der Waals surface area contributed by atoms with Crippen LogP contribution in [0.4, 0.5) is 0 Å². The molecule has 0 aliphatic carbocycles. The largest absolute Gasteiger partial charge is 0.351 e. The average Bonchev–Trinajstić information content (AvgIpc) is 3.15. The van der Waals surface area contributed by atoms with Gasteiger partial charge in [0.2, 0.25) is 0 Å². The van der Waals surface area contributed by atoms with Gasteiger partial charge in [0, 0.05) is 19.0 Å². The Morgan fingerprint density at radius 1 is 1.00 bits per heavy atom. The first kappa shape index (κ1) is 18.1. The van der Waals surface area contributed by atoms with E-state index in [2.05, 4.69) is 21.5 Å². The van der Waals surface area contributed by atoms with E-state index >= 15 is 0 Å². The van der Waals surface area contributed by atoms with Crippen LogP contribution in [-0.4, -0.2) is 27.2 Å². The van der Waals surface area contributed by atoms with Crippen molar-refractivity contribution in [1.82, 2.24) is 20.1 Å². The molecule has 0 fully saturated rings. The lowest BCUT2D eigenvalue weighted by atomic mass is 10.3. The van der Waals surface area contributed by atoms with Crippen molar-refractivity contribution >= 4 is 27.5 Å². The van der Waals surface area contributed by atoms with Gasteiger partial charge in [-0.25, -0.2) is 4.98 Å². The molecule has 2 heterocycles. The topological polar surface area (TPSA) is 76.9 Å². The van der Waals surface area contributed by atoms with E-state index in [4.69, 9.17) is 0 Å². The zero-order valence-corrected chi connectivity index (χ0v) is 15.9. The van der Waals surface area contributed by atoms with E-state index in [-0.39, 0.29) is 17.2 Å². The van der Waals surface area contributed by atoms with Gasteiger partial charge in [0.25, 0.3) is 11.5 Å². The number of hydrogen-bond acceptors (Lipinski definition) is 5. The molecule has 1 amide bonds. The maximum absolute atomic E-state index is 12.4. The van der Waals surface area contributed by atoms with Crippen molar-refractivity contribution in [1.29, 1.82) is 0 Å². The quantitative estimate of drug-likeness (QED) is 0.513. The molecule has 0 unspecified atom stereocenters. The second-order valence-corrected chi connectivity index (χ2v) is 7.35. The molecular formula is C21H18N4O2S. The van der Waals surface area contributed by atoms with Gasteiger partial charge >= 0.3 is 0 Å². The van der Waals surface area contributed by atoms with E-state index in [0.717, 1.165) is 23.4 Å². The monoisotopic (exact) mass is 390 g/mol. The fourth-order valence-corrected chi connectivity index (χ4v) is 3.85. The highest BCUT2D eigenvalue weighted by Gasteiger charge is 2.10. The number of benzene rings is 2. The third kappa shape index (κ3) is 3.99. The summed E-state index contributed by atoms with van der Waals surface area (Å²) in [5.41, 5.74) is 1.57. The number of carbonyl (C=O) groups is 1. The predicted octanol–water partition coefficient (Wildman–Crippen LogP) is 3.20. The number of nitrogens with one attached hydrogen (secondary N) is 1. The van der Waals surface area contributed by atoms with Crippen LogP contribution in [0.15, 0.2) is 71.5 Å². The summed E-state index contributed by atoms with van der Waals surface area (Å²) in [6.45, 7) is 0.515. The third-order valence-electron chi connectivity index (χ3n) is 4.22. The van der Waals surface area contributed by atoms with Gasteiger partial charge in [-0.15, -0.1) is 11.3 Å². The van der Waals surface area contributed by atoms with E-state index in [1.165, 1.54) is 21.5 Å². The van der Waals surface area contributed by atoms with E-state index < -0.39 is 0 Å². The fraction of sp³-hybridized carbons (Fsp3) is 0.143. The number of amides is 1. The fourth-order valence-electron chi connectivity index (χ4n) is 2.85. The number of fused-ring (bicyclic) bond motifs is 1. The van der Waals surface area contributed by atoms with Crippen LogP contribution in [0.2, 0.25) is 0 Å².